The van der Waals surface area contributed by atoms with Gasteiger partial charge in [0.15, 0.2) is 0 Å². The number of hydrogen-bond acceptors (Lipinski definition) is 2. The van der Waals surface area contributed by atoms with Crippen molar-refractivity contribution in [2.24, 2.45) is 5.92 Å². The highest BCUT2D eigenvalue weighted by atomic mass is 35.5. The average molecular weight is 253 g/mol. The van der Waals surface area contributed by atoms with Crippen LogP contribution >= 0.6 is 11.6 Å². The molecule has 2 rings (SSSR count). The molecule has 1 aliphatic rings. The summed E-state index contributed by atoms with van der Waals surface area (Å²) in [7, 11) is 0. The molecule has 0 saturated carbocycles. The van der Waals surface area contributed by atoms with Gasteiger partial charge in [-0.3, -0.25) is 4.79 Å². The fourth-order valence-electron chi connectivity index (χ4n) is 2.37. The van der Waals surface area contributed by atoms with Gasteiger partial charge in [0, 0.05) is 18.1 Å². The summed E-state index contributed by atoms with van der Waals surface area (Å²) in [5.74, 6) is 0.698. The molecule has 1 N–H and O–H groups in total. The lowest BCUT2D eigenvalue weighted by molar-refractivity contribution is -0.105. The van der Waals surface area contributed by atoms with Gasteiger partial charge in [-0.15, -0.1) is 0 Å². The largest absolute Gasteiger partial charge is 0.370 e. The smallest absolute Gasteiger partial charge is 0.211 e. The molecule has 1 heterocycles. The maximum absolute atomic E-state index is 10.6. The van der Waals surface area contributed by atoms with Crippen molar-refractivity contribution >= 4 is 29.4 Å². The third-order valence-corrected chi connectivity index (χ3v) is 3.41. The van der Waals surface area contributed by atoms with Crippen molar-refractivity contribution in [2.75, 3.05) is 23.3 Å². The molecular weight excluding hydrogens is 236 g/mol. The normalized spacial score (nSPS) is 20.1. The summed E-state index contributed by atoms with van der Waals surface area (Å²) in [6, 6.07) is 5.64. The van der Waals surface area contributed by atoms with Crippen molar-refractivity contribution in [1.82, 2.24) is 0 Å². The van der Waals surface area contributed by atoms with E-state index >= 15 is 0 Å². The molecule has 0 bridgehead atoms. The van der Waals surface area contributed by atoms with Crippen LogP contribution in [0.1, 0.15) is 19.8 Å². The number of carbonyl (C=O) groups is 1. The van der Waals surface area contributed by atoms with E-state index in [4.69, 9.17) is 11.6 Å². The molecule has 1 unspecified atom stereocenters. The zero-order valence-electron chi connectivity index (χ0n) is 9.95. The number of nitrogens with zero attached hydrogens (tertiary/aromatic N) is 1. The Kier molecular flexibility index (Phi) is 3.89. The molecule has 4 heteroatoms. The first-order chi connectivity index (χ1) is 8.20. The van der Waals surface area contributed by atoms with Gasteiger partial charge in [0.2, 0.25) is 6.41 Å². The Hall–Kier alpha value is -1.22. The van der Waals surface area contributed by atoms with Gasteiger partial charge in [-0.05, 0) is 37.0 Å². The molecule has 0 spiro atoms. The van der Waals surface area contributed by atoms with Gasteiger partial charge in [0.1, 0.15) is 0 Å². The summed E-state index contributed by atoms with van der Waals surface area (Å²) < 4.78 is 0. The predicted molar refractivity (Wildman–Crippen MR) is 71.7 cm³/mol. The number of nitrogens with one attached hydrogen (secondary N) is 1. The summed E-state index contributed by atoms with van der Waals surface area (Å²) in [5.41, 5.74) is 1.86. The molecule has 0 aliphatic carbocycles. The number of anilines is 2. The van der Waals surface area contributed by atoms with Crippen LogP contribution in [-0.4, -0.2) is 19.5 Å². The second-order valence-corrected chi connectivity index (χ2v) is 5.05. The Morgan fingerprint density at radius 1 is 1.53 bits per heavy atom. The molecule has 1 amide bonds. The highest BCUT2D eigenvalue weighted by Crippen LogP contribution is 2.31. The summed E-state index contributed by atoms with van der Waals surface area (Å²) in [6.45, 7) is 4.34. The van der Waals surface area contributed by atoms with E-state index in [1.165, 1.54) is 12.8 Å². The van der Waals surface area contributed by atoms with E-state index in [0.29, 0.717) is 17.4 Å². The van der Waals surface area contributed by atoms with Gasteiger partial charge in [-0.2, -0.15) is 0 Å². The Bertz CT molecular complexity index is 408. The van der Waals surface area contributed by atoms with Gasteiger partial charge in [0.25, 0.3) is 0 Å². The minimum atomic E-state index is 0.642. The predicted octanol–water partition coefficient (Wildman–Crippen LogP) is 3.14. The van der Waals surface area contributed by atoms with Crippen molar-refractivity contribution < 1.29 is 4.79 Å². The molecule has 0 aromatic heterocycles. The van der Waals surface area contributed by atoms with E-state index < -0.39 is 0 Å². The monoisotopic (exact) mass is 252 g/mol. The Morgan fingerprint density at radius 3 is 3.06 bits per heavy atom. The maximum Gasteiger partial charge on any atom is 0.211 e. The highest BCUT2D eigenvalue weighted by molar-refractivity contribution is 6.31. The molecule has 1 saturated heterocycles. The van der Waals surface area contributed by atoms with Gasteiger partial charge < -0.3 is 10.2 Å². The summed E-state index contributed by atoms with van der Waals surface area (Å²) in [6.07, 6.45) is 3.17. The lowest BCUT2D eigenvalue weighted by Crippen LogP contribution is -2.34. The van der Waals surface area contributed by atoms with E-state index in [-0.39, 0.29) is 0 Å². The number of amides is 1. The quantitative estimate of drug-likeness (QED) is 0.839. The average Bonchev–Trinajstić information content (AvgIpc) is 2.29. The van der Waals surface area contributed by atoms with Crippen molar-refractivity contribution in [3.63, 3.8) is 0 Å². The lowest BCUT2D eigenvalue weighted by atomic mass is 9.99. The van der Waals surface area contributed by atoms with Gasteiger partial charge in [0.05, 0.1) is 11.4 Å². The number of hydrogen-bond donors (Lipinski definition) is 1. The van der Waals surface area contributed by atoms with Gasteiger partial charge in [-0.1, -0.05) is 18.5 Å². The number of halogens is 1. The maximum atomic E-state index is 10.6. The number of benzene rings is 1. The van der Waals surface area contributed by atoms with E-state index in [1.807, 2.05) is 12.1 Å². The van der Waals surface area contributed by atoms with Crippen LogP contribution in [0.3, 0.4) is 0 Å². The first-order valence-corrected chi connectivity index (χ1v) is 6.33. The second-order valence-electron chi connectivity index (χ2n) is 4.62. The molecule has 1 aliphatic heterocycles. The zero-order chi connectivity index (χ0) is 12.3. The van der Waals surface area contributed by atoms with Crippen molar-refractivity contribution in [3.05, 3.63) is 23.2 Å². The molecule has 0 radical (unpaired) electrons. The molecule has 1 atom stereocenters. The van der Waals surface area contributed by atoms with Crippen LogP contribution in [0.4, 0.5) is 11.4 Å². The van der Waals surface area contributed by atoms with E-state index in [2.05, 4.69) is 17.1 Å². The summed E-state index contributed by atoms with van der Waals surface area (Å²) in [5, 5.41) is 3.36. The van der Waals surface area contributed by atoms with Crippen LogP contribution in [0.2, 0.25) is 5.02 Å². The fourth-order valence-corrected chi connectivity index (χ4v) is 2.54. The van der Waals surface area contributed by atoms with Crippen LogP contribution in [0.15, 0.2) is 18.2 Å². The van der Waals surface area contributed by atoms with Crippen LogP contribution in [0.25, 0.3) is 0 Å². The van der Waals surface area contributed by atoms with Crippen molar-refractivity contribution in [3.8, 4) is 0 Å². The van der Waals surface area contributed by atoms with E-state index in [1.54, 1.807) is 6.07 Å². The topological polar surface area (TPSA) is 32.3 Å². The minimum absolute atomic E-state index is 0.642. The van der Waals surface area contributed by atoms with Gasteiger partial charge in [-0.25, -0.2) is 0 Å². The van der Waals surface area contributed by atoms with E-state index in [9.17, 15) is 4.79 Å². The Morgan fingerprint density at radius 2 is 2.35 bits per heavy atom. The Balaban J connectivity index is 2.26. The minimum Gasteiger partial charge on any atom is -0.370 e. The number of piperidine rings is 1. The van der Waals surface area contributed by atoms with Crippen LogP contribution in [-0.2, 0) is 4.79 Å². The van der Waals surface area contributed by atoms with Crippen LogP contribution < -0.4 is 10.2 Å². The molecule has 92 valence electrons. The molecule has 3 nitrogen and oxygen atoms in total. The third kappa shape index (κ3) is 2.91. The van der Waals surface area contributed by atoms with Gasteiger partial charge >= 0.3 is 0 Å². The molecule has 1 aromatic rings. The number of rotatable bonds is 3. The molecule has 17 heavy (non-hydrogen) atoms. The summed E-state index contributed by atoms with van der Waals surface area (Å²) >= 11 is 5.95. The first kappa shape index (κ1) is 12.2. The van der Waals surface area contributed by atoms with Crippen molar-refractivity contribution in [2.45, 2.75) is 19.8 Å². The zero-order valence-corrected chi connectivity index (χ0v) is 10.7. The molecule has 1 aromatic carbocycles. The Labute approximate surface area is 107 Å². The summed E-state index contributed by atoms with van der Waals surface area (Å²) in [4.78, 5) is 12.9. The van der Waals surface area contributed by atoms with E-state index in [0.717, 1.165) is 24.5 Å². The number of carbonyl (C=O) groups excluding carboxylic acids is 1. The highest BCUT2D eigenvalue weighted by Gasteiger charge is 2.18. The fraction of sp³-hybridized carbons (Fsp3) is 0.462. The molecule has 1 fully saturated rings. The van der Waals surface area contributed by atoms with Crippen molar-refractivity contribution in [1.29, 1.82) is 0 Å². The molecular formula is C13H17ClN2O. The second kappa shape index (κ2) is 5.41. The SMILES string of the molecule is CC1CCCN(c2ccc(Cl)cc2NC=O)C1. The first-order valence-electron chi connectivity index (χ1n) is 5.95. The van der Waals surface area contributed by atoms with Crippen LogP contribution in [0, 0.1) is 5.92 Å². The standard InChI is InChI=1S/C13H17ClN2O/c1-10-3-2-6-16(8-10)13-5-4-11(14)7-12(13)15-9-17/h4-5,7,9-10H,2-3,6,8H2,1H3,(H,15,17). The third-order valence-electron chi connectivity index (χ3n) is 3.17. The lowest BCUT2D eigenvalue weighted by Gasteiger charge is -2.34. The van der Waals surface area contributed by atoms with Crippen LogP contribution in [0.5, 0.6) is 0 Å².